The lowest BCUT2D eigenvalue weighted by atomic mass is 10.0. The van der Waals surface area contributed by atoms with Crippen molar-refractivity contribution in [1.29, 1.82) is 0 Å². The van der Waals surface area contributed by atoms with Gasteiger partial charge >= 0.3 is 10.3 Å². The molecule has 0 bridgehead atoms. The molecule has 3 aromatic rings. The van der Waals surface area contributed by atoms with Gasteiger partial charge in [-0.1, -0.05) is 19.1 Å². The summed E-state index contributed by atoms with van der Waals surface area (Å²) in [4.78, 5) is 8.84. The van der Waals surface area contributed by atoms with Gasteiger partial charge in [-0.15, -0.1) is 11.3 Å². The van der Waals surface area contributed by atoms with Crippen LogP contribution < -0.4 is 9.03 Å². The van der Waals surface area contributed by atoms with E-state index in [0.29, 0.717) is 5.69 Å². The molecule has 31 heavy (non-hydrogen) atoms. The summed E-state index contributed by atoms with van der Waals surface area (Å²) in [5.41, 5.74) is 1.55. The first-order valence-corrected chi connectivity index (χ1v) is 13.4. The Morgan fingerprint density at radius 2 is 1.90 bits per heavy atom. The highest BCUT2D eigenvalue weighted by Gasteiger charge is 2.32. The average Bonchev–Trinajstić information content (AvgIpc) is 3.29. The van der Waals surface area contributed by atoms with Gasteiger partial charge in [-0.3, -0.25) is 9.27 Å². The second-order valence-corrected chi connectivity index (χ2v) is 10.9. The zero-order valence-electron chi connectivity index (χ0n) is 17.1. The van der Waals surface area contributed by atoms with Crippen molar-refractivity contribution in [2.24, 2.45) is 7.05 Å². The van der Waals surface area contributed by atoms with Crippen LogP contribution in [-0.2, 0) is 40.2 Å². The van der Waals surface area contributed by atoms with Crippen LogP contribution in [0.15, 0.2) is 42.2 Å². The van der Waals surface area contributed by atoms with Crippen molar-refractivity contribution in [2.75, 3.05) is 15.3 Å². The molecule has 2 heterocycles. The van der Waals surface area contributed by atoms with Crippen molar-refractivity contribution in [3.8, 4) is 0 Å². The molecule has 0 unspecified atom stereocenters. The highest BCUT2D eigenvalue weighted by atomic mass is 32.2. The summed E-state index contributed by atoms with van der Waals surface area (Å²) >= 11 is 1.46. The third-order valence-electron chi connectivity index (χ3n) is 4.40. The number of nitrogens with one attached hydrogen (secondary N) is 1. The monoisotopic (exact) mass is 485 g/mol. The molecular weight excluding hydrogens is 462 g/mol. The van der Waals surface area contributed by atoms with Crippen LogP contribution in [0.4, 0.5) is 11.5 Å². The number of imidazole rings is 1. The number of benzene rings is 1. The van der Waals surface area contributed by atoms with Gasteiger partial charge in [0, 0.05) is 18.6 Å². The van der Waals surface area contributed by atoms with E-state index in [2.05, 4.69) is 9.97 Å². The summed E-state index contributed by atoms with van der Waals surface area (Å²) in [6.45, 7) is 1.98. The number of sulfonamides is 1. The van der Waals surface area contributed by atoms with Crippen molar-refractivity contribution >= 4 is 43.2 Å². The minimum atomic E-state index is -4.38. The smallest absolute Gasteiger partial charge is 0.338 e. The number of hydrogen-bond donors (Lipinski definition) is 2. The van der Waals surface area contributed by atoms with Crippen molar-refractivity contribution < 1.29 is 21.4 Å². The molecular formula is C18H23N5O5S3. The largest absolute Gasteiger partial charge is 0.357 e. The van der Waals surface area contributed by atoms with Crippen LogP contribution in [0.25, 0.3) is 0 Å². The van der Waals surface area contributed by atoms with Crippen LogP contribution in [0.1, 0.15) is 29.2 Å². The molecule has 0 aliphatic rings. The second kappa shape index (κ2) is 8.94. The van der Waals surface area contributed by atoms with Gasteiger partial charge in [0.15, 0.2) is 5.82 Å². The van der Waals surface area contributed by atoms with Crippen molar-refractivity contribution in [1.82, 2.24) is 14.5 Å². The Bertz CT molecular complexity index is 1250. The zero-order chi connectivity index (χ0) is 22.8. The number of anilines is 2. The summed E-state index contributed by atoms with van der Waals surface area (Å²) in [5.74, 6) is 0.283. The maximum atomic E-state index is 12.8. The second-order valence-electron chi connectivity index (χ2n) is 6.97. The fourth-order valence-corrected chi connectivity index (χ4v) is 5.41. The minimum Gasteiger partial charge on any atom is -0.338 e. The standard InChI is InChI=1S/C18H23N5O5S3/c1-4-18-20-15(11-29-18)16(23(30(3,24)25)17-10-22(2)12-19-17)9-13-5-7-14(8-6-13)21-31(26,27)28/h5-8,10-12,16,21H,4,9H2,1-3H3,(H,26,27,28)/t16-/m0/s1. The number of rotatable bonds is 9. The molecule has 13 heteroatoms. The van der Waals surface area contributed by atoms with E-state index in [4.69, 9.17) is 4.55 Å². The molecule has 2 N–H and O–H groups in total. The molecule has 0 aliphatic carbocycles. The number of hydrogen-bond acceptors (Lipinski definition) is 7. The molecule has 2 aromatic heterocycles. The predicted octanol–water partition coefficient (Wildman–Crippen LogP) is 2.40. The SMILES string of the molecule is CCc1nc([C@H](Cc2ccc(NS(=O)(=O)O)cc2)N(c2cn(C)cn2)S(C)(=O)=O)cs1. The fourth-order valence-electron chi connectivity index (χ4n) is 3.10. The molecule has 0 aliphatic heterocycles. The van der Waals surface area contributed by atoms with Gasteiger partial charge in [-0.2, -0.15) is 8.42 Å². The third-order valence-corrected chi connectivity index (χ3v) is 7.06. The van der Waals surface area contributed by atoms with Gasteiger partial charge in [0.1, 0.15) is 0 Å². The summed E-state index contributed by atoms with van der Waals surface area (Å²) in [5, 5.41) is 2.74. The van der Waals surface area contributed by atoms with Crippen molar-refractivity contribution in [3.63, 3.8) is 0 Å². The van der Waals surface area contributed by atoms with Crippen LogP contribution in [0.5, 0.6) is 0 Å². The highest BCUT2D eigenvalue weighted by molar-refractivity contribution is 7.92. The van der Waals surface area contributed by atoms with E-state index in [9.17, 15) is 16.8 Å². The van der Waals surface area contributed by atoms with E-state index < -0.39 is 26.4 Å². The van der Waals surface area contributed by atoms with E-state index in [-0.39, 0.29) is 17.9 Å². The summed E-state index contributed by atoms with van der Waals surface area (Å²) in [6.07, 6.45) is 5.29. The molecule has 0 saturated carbocycles. The zero-order valence-corrected chi connectivity index (χ0v) is 19.6. The van der Waals surface area contributed by atoms with Crippen molar-refractivity contribution in [2.45, 2.75) is 25.8 Å². The third kappa shape index (κ3) is 6.03. The predicted molar refractivity (Wildman–Crippen MR) is 120 cm³/mol. The first-order chi connectivity index (χ1) is 14.5. The van der Waals surface area contributed by atoms with E-state index >= 15 is 0 Å². The Labute approximate surface area is 185 Å². The van der Waals surface area contributed by atoms with Gasteiger partial charge in [-0.05, 0) is 30.5 Å². The Kier molecular flexibility index (Phi) is 6.69. The van der Waals surface area contributed by atoms with E-state index in [1.807, 2.05) is 17.0 Å². The number of aryl methyl sites for hydroxylation is 2. The van der Waals surface area contributed by atoms with Crippen LogP contribution in [0.2, 0.25) is 0 Å². The van der Waals surface area contributed by atoms with Crippen molar-refractivity contribution in [3.05, 3.63) is 58.4 Å². The van der Waals surface area contributed by atoms with Gasteiger partial charge in [0.2, 0.25) is 10.0 Å². The highest BCUT2D eigenvalue weighted by Crippen LogP contribution is 2.32. The maximum Gasteiger partial charge on any atom is 0.357 e. The Morgan fingerprint density at radius 1 is 1.23 bits per heavy atom. The molecule has 1 aromatic carbocycles. The number of nitrogens with zero attached hydrogens (tertiary/aromatic N) is 4. The van der Waals surface area contributed by atoms with E-state index in [0.717, 1.165) is 23.2 Å². The normalized spacial score (nSPS) is 13.2. The molecule has 3 rings (SSSR count). The quantitative estimate of drug-likeness (QED) is 0.444. The Balaban J connectivity index is 2.02. The first-order valence-electron chi connectivity index (χ1n) is 9.22. The van der Waals surface area contributed by atoms with E-state index in [1.54, 1.807) is 29.9 Å². The number of aromatic nitrogens is 3. The lowest BCUT2D eigenvalue weighted by Crippen LogP contribution is -2.36. The first kappa shape index (κ1) is 23.2. The average molecular weight is 486 g/mol. The minimum absolute atomic E-state index is 0.189. The number of thiazole rings is 1. The summed E-state index contributed by atoms with van der Waals surface area (Å²) in [7, 11) is -6.33. The Morgan fingerprint density at radius 3 is 2.39 bits per heavy atom. The molecule has 1 atom stereocenters. The van der Waals surface area contributed by atoms with Gasteiger partial charge < -0.3 is 4.57 Å². The molecule has 0 amide bonds. The molecule has 0 spiro atoms. The molecule has 0 fully saturated rings. The fraction of sp³-hybridized carbons (Fsp3) is 0.333. The molecule has 0 saturated heterocycles. The van der Waals surface area contributed by atoms with Gasteiger partial charge in [0.05, 0.1) is 35.0 Å². The molecule has 10 nitrogen and oxygen atoms in total. The lowest BCUT2D eigenvalue weighted by Gasteiger charge is -2.29. The molecule has 0 radical (unpaired) electrons. The molecule has 168 valence electrons. The van der Waals surface area contributed by atoms with Gasteiger partial charge in [-0.25, -0.2) is 22.7 Å². The van der Waals surface area contributed by atoms with Crippen LogP contribution in [0, 0.1) is 0 Å². The summed E-state index contributed by atoms with van der Waals surface area (Å²) in [6, 6.07) is 5.65. The van der Waals surface area contributed by atoms with Crippen LogP contribution >= 0.6 is 11.3 Å². The van der Waals surface area contributed by atoms with Crippen LogP contribution in [-0.4, -0.2) is 42.2 Å². The summed E-state index contributed by atoms with van der Waals surface area (Å²) < 4.78 is 61.4. The Hall–Kier alpha value is -2.48. The maximum absolute atomic E-state index is 12.8. The van der Waals surface area contributed by atoms with E-state index in [1.165, 1.54) is 34.1 Å². The van der Waals surface area contributed by atoms with Crippen LogP contribution in [0.3, 0.4) is 0 Å². The topological polar surface area (TPSA) is 134 Å². The van der Waals surface area contributed by atoms with Gasteiger partial charge in [0.25, 0.3) is 0 Å². The lowest BCUT2D eigenvalue weighted by molar-refractivity contribution is 0.489.